The Bertz CT molecular complexity index is 725. The molecule has 3 rings (SSSR count). The number of rotatable bonds is 8. The third-order valence-corrected chi connectivity index (χ3v) is 4.80. The summed E-state index contributed by atoms with van der Waals surface area (Å²) in [6.07, 6.45) is 4.72. The van der Waals surface area contributed by atoms with Crippen molar-refractivity contribution in [2.45, 2.75) is 25.7 Å². The standard InChI is InChI=1S/C22H28N2O3/c1-26-20-6-5-7-21(16-20)27-17-22(25)23-13-12-18-8-10-19(11-9-18)24-14-3-2-4-15-24/h5-11,16H,2-4,12-15,17H2,1H3,(H,23,25). The third-order valence-electron chi connectivity index (χ3n) is 4.80. The van der Waals surface area contributed by atoms with Gasteiger partial charge in [-0.15, -0.1) is 0 Å². The summed E-state index contributed by atoms with van der Waals surface area (Å²) in [5.74, 6) is 1.21. The lowest BCUT2D eigenvalue weighted by Crippen LogP contribution is -2.30. The number of nitrogens with zero attached hydrogens (tertiary/aromatic N) is 1. The SMILES string of the molecule is COc1cccc(OCC(=O)NCCc2ccc(N3CCCCC3)cc2)c1. The topological polar surface area (TPSA) is 50.8 Å². The summed E-state index contributed by atoms with van der Waals surface area (Å²) in [7, 11) is 1.60. The van der Waals surface area contributed by atoms with E-state index in [4.69, 9.17) is 9.47 Å². The van der Waals surface area contributed by atoms with Crippen molar-refractivity contribution in [2.24, 2.45) is 0 Å². The van der Waals surface area contributed by atoms with Gasteiger partial charge in [0.2, 0.25) is 0 Å². The summed E-state index contributed by atoms with van der Waals surface area (Å²) >= 11 is 0. The Morgan fingerprint density at radius 2 is 1.78 bits per heavy atom. The molecule has 0 bridgehead atoms. The Kier molecular flexibility index (Phi) is 6.97. The molecule has 1 fully saturated rings. The molecule has 5 nitrogen and oxygen atoms in total. The first-order valence-electron chi connectivity index (χ1n) is 9.62. The molecule has 1 saturated heterocycles. The van der Waals surface area contributed by atoms with Crippen LogP contribution in [0.5, 0.6) is 11.5 Å². The van der Waals surface area contributed by atoms with Gasteiger partial charge in [-0.3, -0.25) is 4.79 Å². The van der Waals surface area contributed by atoms with Crippen LogP contribution in [0.15, 0.2) is 48.5 Å². The molecule has 1 aliphatic heterocycles. The van der Waals surface area contributed by atoms with E-state index in [0.29, 0.717) is 18.0 Å². The van der Waals surface area contributed by atoms with E-state index < -0.39 is 0 Å². The number of amides is 1. The molecule has 2 aromatic rings. The number of piperidine rings is 1. The predicted molar refractivity (Wildman–Crippen MR) is 108 cm³/mol. The van der Waals surface area contributed by atoms with E-state index in [2.05, 4.69) is 34.5 Å². The second-order valence-electron chi connectivity index (χ2n) is 6.78. The second kappa shape index (κ2) is 9.86. The lowest BCUT2D eigenvalue weighted by Gasteiger charge is -2.28. The zero-order valence-corrected chi connectivity index (χ0v) is 15.9. The van der Waals surface area contributed by atoms with Gasteiger partial charge in [-0.1, -0.05) is 18.2 Å². The first-order chi connectivity index (χ1) is 13.2. The number of carbonyl (C=O) groups is 1. The van der Waals surface area contributed by atoms with E-state index in [1.807, 2.05) is 12.1 Å². The van der Waals surface area contributed by atoms with Crippen LogP contribution in [0.3, 0.4) is 0 Å². The molecule has 5 heteroatoms. The van der Waals surface area contributed by atoms with Gasteiger partial charge in [0.1, 0.15) is 11.5 Å². The minimum atomic E-state index is -0.122. The molecular formula is C22H28N2O3. The Balaban J connectivity index is 1.38. The lowest BCUT2D eigenvalue weighted by atomic mass is 10.1. The van der Waals surface area contributed by atoms with Crippen molar-refractivity contribution in [3.05, 3.63) is 54.1 Å². The van der Waals surface area contributed by atoms with Gasteiger partial charge < -0.3 is 19.7 Å². The van der Waals surface area contributed by atoms with E-state index in [1.54, 1.807) is 19.2 Å². The fraction of sp³-hybridized carbons (Fsp3) is 0.409. The fourth-order valence-corrected chi connectivity index (χ4v) is 3.26. The maximum Gasteiger partial charge on any atom is 0.257 e. The quantitative estimate of drug-likeness (QED) is 0.776. The molecule has 0 unspecified atom stereocenters. The van der Waals surface area contributed by atoms with Crippen LogP contribution in [0, 0.1) is 0 Å². The highest BCUT2D eigenvalue weighted by molar-refractivity contribution is 5.77. The summed E-state index contributed by atoms with van der Waals surface area (Å²) in [6, 6.07) is 15.9. The van der Waals surface area contributed by atoms with E-state index in [1.165, 1.54) is 30.5 Å². The van der Waals surface area contributed by atoms with Gasteiger partial charge in [0.05, 0.1) is 7.11 Å². The van der Waals surface area contributed by atoms with Gasteiger partial charge in [-0.2, -0.15) is 0 Å². The molecule has 1 heterocycles. The van der Waals surface area contributed by atoms with Crippen LogP contribution in [-0.4, -0.2) is 39.3 Å². The molecule has 1 aliphatic rings. The maximum atomic E-state index is 11.9. The van der Waals surface area contributed by atoms with Crippen LogP contribution in [0.4, 0.5) is 5.69 Å². The number of hydrogen-bond donors (Lipinski definition) is 1. The normalized spacial score (nSPS) is 13.9. The second-order valence-corrected chi connectivity index (χ2v) is 6.78. The van der Waals surface area contributed by atoms with E-state index in [-0.39, 0.29) is 12.5 Å². The number of ether oxygens (including phenoxy) is 2. The molecule has 0 radical (unpaired) electrons. The van der Waals surface area contributed by atoms with E-state index in [0.717, 1.165) is 19.5 Å². The zero-order valence-electron chi connectivity index (χ0n) is 15.9. The molecule has 0 aromatic heterocycles. The molecule has 0 saturated carbocycles. The highest BCUT2D eigenvalue weighted by Crippen LogP contribution is 2.20. The number of benzene rings is 2. The molecule has 0 atom stereocenters. The van der Waals surface area contributed by atoms with Gasteiger partial charge in [0, 0.05) is 31.4 Å². The summed E-state index contributed by atoms with van der Waals surface area (Å²) in [5.41, 5.74) is 2.53. The van der Waals surface area contributed by atoms with Crippen LogP contribution < -0.4 is 19.7 Å². The molecule has 2 aromatic carbocycles. The Morgan fingerprint density at radius 3 is 2.52 bits per heavy atom. The maximum absolute atomic E-state index is 11.9. The number of anilines is 1. The molecule has 27 heavy (non-hydrogen) atoms. The highest BCUT2D eigenvalue weighted by Gasteiger charge is 2.10. The van der Waals surface area contributed by atoms with Crippen LogP contribution in [-0.2, 0) is 11.2 Å². The van der Waals surface area contributed by atoms with Crippen LogP contribution in [0.2, 0.25) is 0 Å². The minimum absolute atomic E-state index is 0.00106. The Hall–Kier alpha value is -2.69. The zero-order chi connectivity index (χ0) is 18.9. The van der Waals surface area contributed by atoms with Gasteiger partial charge >= 0.3 is 0 Å². The van der Waals surface area contributed by atoms with Gasteiger partial charge in [0.25, 0.3) is 5.91 Å². The van der Waals surface area contributed by atoms with Gasteiger partial charge in [-0.05, 0) is 55.5 Å². The fourth-order valence-electron chi connectivity index (χ4n) is 3.26. The van der Waals surface area contributed by atoms with Crippen LogP contribution in [0.25, 0.3) is 0 Å². The molecule has 1 amide bonds. The molecule has 0 aliphatic carbocycles. The number of nitrogens with one attached hydrogen (secondary N) is 1. The van der Waals surface area contributed by atoms with Crippen molar-refractivity contribution in [3.63, 3.8) is 0 Å². The summed E-state index contributed by atoms with van der Waals surface area (Å²) in [4.78, 5) is 14.4. The highest BCUT2D eigenvalue weighted by atomic mass is 16.5. The van der Waals surface area contributed by atoms with Crippen molar-refractivity contribution in [1.82, 2.24) is 5.32 Å². The van der Waals surface area contributed by atoms with Crippen LogP contribution in [0.1, 0.15) is 24.8 Å². The largest absolute Gasteiger partial charge is 0.497 e. The number of methoxy groups -OCH3 is 1. The smallest absolute Gasteiger partial charge is 0.257 e. The minimum Gasteiger partial charge on any atom is -0.497 e. The van der Waals surface area contributed by atoms with Crippen LogP contribution >= 0.6 is 0 Å². The number of hydrogen-bond acceptors (Lipinski definition) is 4. The van der Waals surface area contributed by atoms with Crippen molar-refractivity contribution < 1.29 is 14.3 Å². The molecule has 1 N–H and O–H groups in total. The van der Waals surface area contributed by atoms with E-state index in [9.17, 15) is 4.79 Å². The van der Waals surface area contributed by atoms with Gasteiger partial charge in [0.15, 0.2) is 6.61 Å². The monoisotopic (exact) mass is 368 g/mol. The summed E-state index contributed by atoms with van der Waals surface area (Å²) < 4.78 is 10.6. The van der Waals surface area contributed by atoms with Crippen molar-refractivity contribution in [3.8, 4) is 11.5 Å². The lowest BCUT2D eigenvalue weighted by molar-refractivity contribution is -0.123. The average molecular weight is 368 g/mol. The first kappa shape index (κ1) is 19.1. The van der Waals surface area contributed by atoms with Crippen molar-refractivity contribution in [2.75, 3.05) is 38.3 Å². The first-order valence-corrected chi connectivity index (χ1v) is 9.62. The molecule has 144 valence electrons. The summed E-state index contributed by atoms with van der Waals surface area (Å²) in [5, 5.41) is 2.90. The predicted octanol–water partition coefficient (Wildman–Crippen LogP) is 3.42. The Labute approximate surface area is 161 Å². The molecular weight excluding hydrogens is 340 g/mol. The van der Waals surface area contributed by atoms with Crippen molar-refractivity contribution in [1.29, 1.82) is 0 Å². The summed E-state index contributed by atoms with van der Waals surface area (Å²) in [6.45, 7) is 2.91. The Morgan fingerprint density at radius 1 is 1.04 bits per heavy atom. The van der Waals surface area contributed by atoms with Gasteiger partial charge in [-0.25, -0.2) is 0 Å². The molecule has 0 spiro atoms. The average Bonchev–Trinajstić information content (AvgIpc) is 2.73. The third kappa shape index (κ3) is 5.91. The van der Waals surface area contributed by atoms with E-state index >= 15 is 0 Å². The number of carbonyl (C=O) groups excluding carboxylic acids is 1. The van der Waals surface area contributed by atoms with Crippen molar-refractivity contribution >= 4 is 11.6 Å².